The van der Waals surface area contributed by atoms with Gasteiger partial charge in [-0.05, 0) is 17.9 Å². The summed E-state index contributed by atoms with van der Waals surface area (Å²) in [5.74, 6) is 1.85. The first-order valence-corrected chi connectivity index (χ1v) is 7.21. The van der Waals surface area contributed by atoms with Gasteiger partial charge in [-0.15, -0.1) is 0 Å². The molecule has 0 heterocycles. The topological polar surface area (TPSA) is 26.3 Å². The molecule has 2 nitrogen and oxygen atoms in total. The SMILES string of the molecule is CCC(=O)C(c1ccccc1OCC(C)C)C(C)C. The van der Waals surface area contributed by atoms with Crippen LogP contribution in [0.15, 0.2) is 24.3 Å². The lowest BCUT2D eigenvalue weighted by molar-refractivity contribution is -0.121. The van der Waals surface area contributed by atoms with E-state index in [0.717, 1.165) is 11.3 Å². The Bertz CT molecular complexity index is 407. The van der Waals surface area contributed by atoms with E-state index >= 15 is 0 Å². The molecule has 0 N–H and O–H groups in total. The molecule has 0 aliphatic heterocycles. The average Bonchev–Trinajstić information content (AvgIpc) is 2.37. The van der Waals surface area contributed by atoms with E-state index in [1.807, 2.05) is 31.2 Å². The van der Waals surface area contributed by atoms with Gasteiger partial charge < -0.3 is 4.74 Å². The Hall–Kier alpha value is -1.31. The van der Waals surface area contributed by atoms with E-state index in [0.29, 0.717) is 18.9 Å². The van der Waals surface area contributed by atoms with E-state index in [4.69, 9.17) is 4.74 Å². The van der Waals surface area contributed by atoms with Crippen molar-refractivity contribution in [2.75, 3.05) is 6.61 Å². The maximum Gasteiger partial charge on any atom is 0.140 e. The van der Waals surface area contributed by atoms with Crippen LogP contribution in [0.5, 0.6) is 5.75 Å². The summed E-state index contributed by atoms with van der Waals surface area (Å²) in [6.45, 7) is 11.0. The van der Waals surface area contributed by atoms with Crippen LogP contribution in [0, 0.1) is 11.8 Å². The lowest BCUT2D eigenvalue weighted by Gasteiger charge is -2.22. The van der Waals surface area contributed by atoms with E-state index in [2.05, 4.69) is 27.7 Å². The van der Waals surface area contributed by atoms with Crippen LogP contribution in [-0.2, 0) is 4.79 Å². The van der Waals surface area contributed by atoms with Gasteiger partial charge in [0.15, 0.2) is 0 Å². The highest BCUT2D eigenvalue weighted by molar-refractivity contribution is 5.86. The molecule has 0 spiro atoms. The molecule has 1 unspecified atom stereocenters. The molecule has 0 aliphatic rings. The van der Waals surface area contributed by atoms with Crippen LogP contribution < -0.4 is 4.74 Å². The molecule has 0 aromatic heterocycles. The second-order valence-electron chi connectivity index (χ2n) is 5.78. The van der Waals surface area contributed by atoms with Crippen LogP contribution in [0.25, 0.3) is 0 Å². The first kappa shape index (κ1) is 15.7. The lowest BCUT2D eigenvalue weighted by atomic mass is 9.83. The van der Waals surface area contributed by atoms with Crippen molar-refractivity contribution in [3.8, 4) is 5.75 Å². The third-order valence-corrected chi connectivity index (χ3v) is 3.19. The molecular formula is C17H26O2. The van der Waals surface area contributed by atoms with Gasteiger partial charge in [0, 0.05) is 17.9 Å². The molecule has 0 saturated heterocycles. The first-order valence-electron chi connectivity index (χ1n) is 7.21. The van der Waals surface area contributed by atoms with E-state index in [1.165, 1.54) is 0 Å². The standard InChI is InChI=1S/C17H26O2/c1-6-15(18)17(13(4)5)14-9-7-8-10-16(14)19-11-12(2)3/h7-10,12-13,17H,6,11H2,1-5H3. The second-order valence-corrected chi connectivity index (χ2v) is 5.78. The zero-order valence-electron chi connectivity index (χ0n) is 12.8. The normalized spacial score (nSPS) is 12.8. The van der Waals surface area contributed by atoms with Crippen LogP contribution in [0.4, 0.5) is 0 Å². The molecule has 2 heteroatoms. The number of rotatable bonds is 7. The smallest absolute Gasteiger partial charge is 0.140 e. The van der Waals surface area contributed by atoms with Gasteiger partial charge in [0.25, 0.3) is 0 Å². The first-order chi connectivity index (χ1) is 8.97. The monoisotopic (exact) mass is 262 g/mol. The molecule has 0 amide bonds. The van der Waals surface area contributed by atoms with Crippen molar-refractivity contribution >= 4 is 5.78 Å². The molecule has 1 aromatic carbocycles. The zero-order chi connectivity index (χ0) is 14.4. The zero-order valence-corrected chi connectivity index (χ0v) is 12.8. The van der Waals surface area contributed by atoms with Crippen molar-refractivity contribution < 1.29 is 9.53 Å². The molecular weight excluding hydrogens is 236 g/mol. The Morgan fingerprint density at radius 1 is 1.16 bits per heavy atom. The molecule has 106 valence electrons. The molecule has 1 aromatic rings. The van der Waals surface area contributed by atoms with Crippen LogP contribution >= 0.6 is 0 Å². The average molecular weight is 262 g/mol. The van der Waals surface area contributed by atoms with Crippen molar-refractivity contribution in [3.63, 3.8) is 0 Å². The number of benzene rings is 1. The highest BCUT2D eigenvalue weighted by atomic mass is 16.5. The molecule has 0 radical (unpaired) electrons. The number of carbonyl (C=O) groups is 1. The Labute approximate surface area is 117 Å². The van der Waals surface area contributed by atoms with Crippen LogP contribution in [0.2, 0.25) is 0 Å². The van der Waals surface area contributed by atoms with Crippen LogP contribution in [0.3, 0.4) is 0 Å². The Kier molecular flexibility index (Phi) is 6.07. The predicted molar refractivity (Wildman–Crippen MR) is 79.7 cm³/mol. The Balaban J connectivity index is 3.05. The summed E-state index contributed by atoms with van der Waals surface area (Å²) in [4.78, 5) is 12.2. The number of carbonyl (C=O) groups excluding carboxylic acids is 1. The summed E-state index contributed by atoms with van der Waals surface area (Å²) in [5, 5.41) is 0. The number of ketones is 1. The van der Waals surface area contributed by atoms with Crippen molar-refractivity contribution in [3.05, 3.63) is 29.8 Å². The van der Waals surface area contributed by atoms with Crippen molar-refractivity contribution in [2.45, 2.75) is 47.0 Å². The van der Waals surface area contributed by atoms with Gasteiger partial charge >= 0.3 is 0 Å². The summed E-state index contributed by atoms with van der Waals surface area (Å²) in [5.41, 5.74) is 1.03. The number of hydrogen-bond donors (Lipinski definition) is 0. The maximum atomic E-state index is 12.2. The van der Waals surface area contributed by atoms with Gasteiger partial charge in [-0.25, -0.2) is 0 Å². The molecule has 19 heavy (non-hydrogen) atoms. The summed E-state index contributed by atoms with van der Waals surface area (Å²) in [6.07, 6.45) is 0.571. The van der Waals surface area contributed by atoms with Gasteiger partial charge in [-0.1, -0.05) is 52.8 Å². The van der Waals surface area contributed by atoms with Crippen LogP contribution in [0.1, 0.15) is 52.5 Å². The molecule has 0 bridgehead atoms. The lowest BCUT2D eigenvalue weighted by Crippen LogP contribution is -2.19. The minimum atomic E-state index is -0.0617. The fourth-order valence-electron chi connectivity index (χ4n) is 2.25. The van der Waals surface area contributed by atoms with Crippen molar-refractivity contribution in [2.24, 2.45) is 11.8 Å². The summed E-state index contributed by atoms with van der Waals surface area (Å²) >= 11 is 0. The summed E-state index contributed by atoms with van der Waals surface area (Å²) in [7, 11) is 0. The van der Waals surface area contributed by atoms with Gasteiger partial charge in [0.1, 0.15) is 11.5 Å². The quantitative estimate of drug-likeness (QED) is 0.726. The largest absolute Gasteiger partial charge is 0.493 e. The maximum absolute atomic E-state index is 12.2. The summed E-state index contributed by atoms with van der Waals surface area (Å²) in [6, 6.07) is 7.94. The summed E-state index contributed by atoms with van der Waals surface area (Å²) < 4.78 is 5.87. The minimum absolute atomic E-state index is 0.0617. The molecule has 1 rings (SSSR count). The Morgan fingerprint density at radius 2 is 1.79 bits per heavy atom. The molecule has 0 fully saturated rings. The van der Waals surface area contributed by atoms with E-state index in [1.54, 1.807) is 0 Å². The van der Waals surface area contributed by atoms with E-state index in [9.17, 15) is 4.79 Å². The number of hydrogen-bond acceptors (Lipinski definition) is 2. The molecule has 0 saturated carbocycles. The predicted octanol–water partition coefficient (Wildman–Crippen LogP) is 4.44. The van der Waals surface area contributed by atoms with Gasteiger partial charge in [-0.3, -0.25) is 4.79 Å². The minimum Gasteiger partial charge on any atom is -0.493 e. The Morgan fingerprint density at radius 3 is 2.32 bits per heavy atom. The number of para-hydroxylation sites is 1. The molecule has 0 aliphatic carbocycles. The van der Waals surface area contributed by atoms with Crippen molar-refractivity contribution in [1.29, 1.82) is 0 Å². The number of ether oxygens (including phenoxy) is 1. The fourth-order valence-corrected chi connectivity index (χ4v) is 2.25. The fraction of sp³-hybridized carbons (Fsp3) is 0.588. The third-order valence-electron chi connectivity index (χ3n) is 3.19. The second kappa shape index (κ2) is 7.32. The van der Waals surface area contributed by atoms with E-state index in [-0.39, 0.29) is 17.6 Å². The van der Waals surface area contributed by atoms with Gasteiger partial charge in [0.2, 0.25) is 0 Å². The van der Waals surface area contributed by atoms with E-state index < -0.39 is 0 Å². The van der Waals surface area contributed by atoms with Crippen molar-refractivity contribution in [1.82, 2.24) is 0 Å². The van der Waals surface area contributed by atoms with Crippen LogP contribution in [-0.4, -0.2) is 12.4 Å². The highest BCUT2D eigenvalue weighted by Gasteiger charge is 2.25. The molecule has 1 atom stereocenters. The number of Topliss-reactive ketones (excluding diaryl/α,β-unsaturated/α-hetero) is 1. The highest BCUT2D eigenvalue weighted by Crippen LogP contribution is 2.33. The van der Waals surface area contributed by atoms with Gasteiger partial charge in [0.05, 0.1) is 6.61 Å². The third kappa shape index (κ3) is 4.38. The van der Waals surface area contributed by atoms with Gasteiger partial charge in [-0.2, -0.15) is 0 Å².